The van der Waals surface area contributed by atoms with Crippen LogP contribution in [-0.2, 0) is 5.41 Å². The Balaban J connectivity index is 1.68. The van der Waals surface area contributed by atoms with Gasteiger partial charge in [-0.25, -0.2) is 0 Å². The van der Waals surface area contributed by atoms with Crippen LogP contribution in [0.2, 0.25) is 0 Å². The molecule has 0 bridgehead atoms. The Hall–Kier alpha value is -4.14. The summed E-state index contributed by atoms with van der Waals surface area (Å²) in [6.07, 6.45) is -0.654. The van der Waals surface area contributed by atoms with Crippen molar-refractivity contribution in [1.29, 1.82) is 0 Å². The van der Waals surface area contributed by atoms with Crippen molar-refractivity contribution >= 4 is 17.1 Å². The summed E-state index contributed by atoms with van der Waals surface area (Å²) in [5.41, 5.74) is 10.8. The van der Waals surface area contributed by atoms with E-state index in [4.69, 9.17) is 0 Å². The molecule has 1 heterocycles. The van der Waals surface area contributed by atoms with Crippen LogP contribution in [0.1, 0.15) is 45.0 Å². The number of para-hydroxylation sites is 3. The maximum Gasteiger partial charge on any atom is 0.105 e. The number of aliphatic hydroxyl groups is 1. The smallest absolute Gasteiger partial charge is 0.105 e. The van der Waals surface area contributed by atoms with E-state index >= 15 is 0 Å². The minimum atomic E-state index is -0.654. The number of nitrogens with zero attached hydrogens (tertiary/aromatic N) is 1. The number of anilines is 3. The molecule has 5 aromatic carbocycles. The zero-order chi connectivity index (χ0) is 23.6. The summed E-state index contributed by atoms with van der Waals surface area (Å²) in [4.78, 5) is 2.37. The third-order valence-electron chi connectivity index (χ3n) is 7.68. The average molecular weight is 452 g/mol. The molecule has 2 aliphatic rings. The number of aliphatic hydroxyl groups excluding tert-OH is 1. The second-order valence-corrected chi connectivity index (χ2v) is 9.54. The maximum atomic E-state index is 11.6. The number of hydrogen-bond acceptors (Lipinski definition) is 2. The Bertz CT molecular complexity index is 1540. The zero-order valence-electron chi connectivity index (χ0n) is 19.5. The van der Waals surface area contributed by atoms with E-state index in [1.54, 1.807) is 0 Å². The van der Waals surface area contributed by atoms with Crippen LogP contribution in [-0.4, -0.2) is 5.11 Å². The van der Waals surface area contributed by atoms with Gasteiger partial charge in [-0.2, -0.15) is 0 Å². The molecule has 0 saturated heterocycles. The first-order valence-corrected chi connectivity index (χ1v) is 12.1. The van der Waals surface area contributed by atoms with Crippen LogP contribution in [0.3, 0.4) is 0 Å². The second-order valence-electron chi connectivity index (χ2n) is 9.54. The Morgan fingerprint density at radius 1 is 0.571 bits per heavy atom. The zero-order valence-corrected chi connectivity index (χ0v) is 19.5. The molecule has 0 fully saturated rings. The fourth-order valence-corrected chi connectivity index (χ4v) is 6.32. The van der Waals surface area contributed by atoms with Crippen LogP contribution in [0, 0.1) is 6.92 Å². The molecule has 1 aliphatic heterocycles. The molecule has 168 valence electrons. The molecule has 0 amide bonds. The first kappa shape index (κ1) is 20.3. The van der Waals surface area contributed by atoms with Crippen molar-refractivity contribution in [2.24, 2.45) is 0 Å². The lowest BCUT2D eigenvalue weighted by Gasteiger charge is -2.50. The van der Waals surface area contributed by atoms with Crippen LogP contribution in [0.5, 0.6) is 0 Å². The summed E-state index contributed by atoms with van der Waals surface area (Å²) in [6, 6.07) is 43.1. The molecule has 5 aromatic rings. The molecule has 35 heavy (non-hydrogen) atoms. The standard InChI is InChI=1S/C33H25NO/c1-22-19-20-27-25(21-22)32(35)24-13-5-6-14-26(24)33(27)28-15-7-9-17-30(28)34(23-11-3-2-4-12-23)31-18-10-8-16-29(31)33/h2-21,32,35H,1H3. The monoisotopic (exact) mass is 451 g/mol. The van der Waals surface area contributed by atoms with Gasteiger partial charge in [-0.05, 0) is 64.6 Å². The van der Waals surface area contributed by atoms with Crippen LogP contribution >= 0.6 is 0 Å². The molecular weight excluding hydrogens is 426 g/mol. The molecule has 1 unspecified atom stereocenters. The van der Waals surface area contributed by atoms with Gasteiger partial charge in [0, 0.05) is 5.69 Å². The van der Waals surface area contributed by atoms with E-state index in [1.165, 1.54) is 11.1 Å². The van der Waals surface area contributed by atoms with Gasteiger partial charge in [-0.3, -0.25) is 0 Å². The van der Waals surface area contributed by atoms with Gasteiger partial charge in [-0.15, -0.1) is 0 Å². The predicted octanol–water partition coefficient (Wildman–Crippen LogP) is 7.56. The Kier molecular flexibility index (Phi) is 4.30. The highest BCUT2D eigenvalue weighted by molar-refractivity contribution is 5.90. The number of aryl methyl sites for hydroxylation is 1. The van der Waals surface area contributed by atoms with Crippen molar-refractivity contribution in [3.05, 3.63) is 160 Å². The molecule has 2 heteroatoms. The fourth-order valence-electron chi connectivity index (χ4n) is 6.32. The lowest BCUT2D eigenvalue weighted by Crippen LogP contribution is -2.41. The quantitative estimate of drug-likeness (QED) is 0.279. The molecular formula is C33H25NO. The van der Waals surface area contributed by atoms with E-state index in [0.29, 0.717) is 0 Å². The van der Waals surface area contributed by atoms with Gasteiger partial charge < -0.3 is 10.0 Å². The van der Waals surface area contributed by atoms with Crippen molar-refractivity contribution in [2.45, 2.75) is 18.4 Å². The minimum absolute atomic E-state index is 0.530. The molecule has 0 aromatic heterocycles. The lowest BCUT2D eigenvalue weighted by atomic mass is 9.57. The van der Waals surface area contributed by atoms with Crippen LogP contribution in [0.25, 0.3) is 0 Å². The van der Waals surface area contributed by atoms with E-state index in [1.807, 2.05) is 6.07 Å². The molecule has 7 rings (SSSR count). The van der Waals surface area contributed by atoms with Crippen molar-refractivity contribution < 1.29 is 5.11 Å². The molecule has 2 nitrogen and oxygen atoms in total. The fraction of sp³-hybridized carbons (Fsp3) is 0.0909. The average Bonchev–Trinajstić information content (AvgIpc) is 2.92. The molecule has 1 N–H and O–H groups in total. The first-order valence-electron chi connectivity index (χ1n) is 12.1. The Morgan fingerprint density at radius 2 is 1.11 bits per heavy atom. The highest BCUT2D eigenvalue weighted by Gasteiger charge is 2.51. The van der Waals surface area contributed by atoms with Gasteiger partial charge in [-0.1, -0.05) is 103 Å². The van der Waals surface area contributed by atoms with Crippen LogP contribution in [0.4, 0.5) is 17.1 Å². The van der Waals surface area contributed by atoms with E-state index in [9.17, 15) is 5.11 Å². The summed E-state index contributed by atoms with van der Waals surface area (Å²) in [7, 11) is 0. The van der Waals surface area contributed by atoms with Gasteiger partial charge >= 0.3 is 0 Å². The summed E-state index contributed by atoms with van der Waals surface area (Å²) >= 11 is 0. The van der Waals surface area contributed by atoms with E-state index < -0.39 is 11.5 Å². The topological polar surface area (TPSA) is 23.5 Å². The molecule has 1 spiro atoms. The normalized spacial score (nSPS) is 16.7. The SMILES string of the molecule is Cc1ccc2c(c1)C(O)c1ccccc1C21c2ccccc2N(c2ccccc2)c2ccccc21. The minimum Gasteiger partial charge on any atom is -0.384 e. The van der Waals surface area contributed by atoms with E-state index in [0.717, 1.165) is 44.9 Å². The van der Waals surface area contributed by atoms with Crippen LogP contribution in [0.15, 0.2) is 121 Å². The number of rotatable bonds is 1. The lowest BCUT2D eigenvalue weighted by molar-refractivity contribution is 0.212. The van der Waals surface area contributed by atoms with Gasteiger partial charge in [0.15, 0.2) is 0 Å². The highest BCUT2D eigenvalue weighted by Crippen LogP contribution is 2.61. The molecule has 0 saturated carbocycles. The van der Waals surface area contributed by atoms with Gasteiger partial charge in [0.2, 0.25) is 0 Å². The van der Waals surface area contributed by atoms with E-state index in [2.05, 4.69) is 127 Å². The molecule has 1 atom stereocenters. The summed E-state index contributed by atoms with van der Waals surface area (Å²) < 4.78 is 0. The summed E-state index contributed by atoms with van der Waals surface area (Å²) in [5.74, 6) is 0. The molecule has 0 radical (unpaired) electrons. The van der Waals surface area contributed by atoms with Gasteiger partial charge in [0.1, 0.15) is 6.10 Å². The Morgan fingerprint density at radius 3 is 1.80 bits per heavy atom. The van der Waals surface area contributed by atoms with Gasteiger partial charge in [0.25, 0.3) is 0 Å². The van der Waals surface area contributed by atoms with Crippen LogP contribution < -0.4 is 4.90 Å². The van der Waals surface area contributed by atoms with Crippen molar-refractivity contribution in [3.63, 3.8) is 0 Å². The number of fused-ring (bicyclic) bond motifs is 8. The number of hydrogen-bond donors (Lipinski definition) is 1. The third kappa shape index (κ3) is 2.63. The summed E-state index contributed by atoms with van der Waals surface area (Å²) in [6.45, 7) is 2.10. The largest absolute Gasteiger partial charge is 0.384 e. The maximum absolute atomic E-state index is 11.6. The highest BCUT2D eigenvalue weighted by atomic mass is 16.3. The molecule has 1 aliphatic carbocycles. The third-order valence-corrected chi connectivity index (χ3v) is 7.68. The second kappa shape index (κ2) is 7.43. The van der Waals surface area contributed by atoms with Gasteiger partial charge in [0.05, 0.1) is 16.8 Å². The predicted molar refractivity (Wildman–Crippen MR) is 142 cm³/mol. The first-order chi connectivity index (χ1) is 17.2. The number of benzene rings is 5. The van der Waals surface area contributed by atoms with Crippen molar-refractivity contribution in [2.75, 3.05) is 4.90 Å². The summed E-state index contributed by atoms with van der Waals surface area (Å²) in [5, 5.41) is 11.6. The Labute approximate surface area is 205 Å². The van der Waals surface area contributed by atoms with E-state index in [-0.39, 0.29) is 0 Å². The van der Waals surface area contributed by atoms with Crippen molar-refractivity contribution in [1.82, 2.24) is 0 Å². The van der Waals surface area contributed by atoms with Crippen molar-refractivity contribution in [3.8, 4) is 0 Å².